The Balaban J connectivity index is 1.94. The number of carbonyl (C=O) groups excluding carboxylic acids is 1. The van der Waals surface area contributed by atoms with Crippen LogP contribution in [0.3, 0.4) is 0 Å². The Morgan fingerprint density at radius 2 is 1.93 bits per heavy atom. The first-order valence-corrected chi connectivity index (χ1v) is 13.1. The van der Waals surface area contributed by atoms with Crippen LogP contribution in [0.2, 0.25) is 5.02 Å². The minimum atomic E-state index is -3.16. The molecule has 1 aliphatic rings. The zero-order valence-electron chi connectivity index (χ0n) is 17.6. The van der Waals surface area contributed by atoms with Gasteiger partial charge in [-0.2, -0.15) is 0 Å². The molecule has 2 aromatic rings. The first kappa shape index (κ1) is 23.0. The van der Waals surface area contributed by atoms with E-state index in [-0.39, 0.29) is 33.5 Å². The summed E-state index contributed by atoms with van der Waals surface area (Å²) in [5.41, 5.74) is 2.24. The van der Waals surface area contributed by atoms with E-state index in [0.717, 1.165) is 5.56 Å². The maximum absolute atomic E-state index is 13.4. The fourth-order valence-electron chi connectivity index (χ4n) is 3.43. The average molecular weight is 468 g/mol. The zero-order valence-corrected chi connectivity index (χ0v) is 19.9. The number of nitrogens with zero attached hydrogens (tertiary/aromatic N) is 3. The van der Waals surface area contributed by atoms with E-state index in [0.29, 0.717) is 18.1 Å². The van der Waals surface area contributed by atoms with Crippen molar-refractivity contribution in [1.82, 2.24) is 14.9 Å². The molecule has 1 aromatic heterocycles. The van der Waals surface area contributed by atoms with Crippen molar-refractivity contribution in [1.29, 1.82) is 0 Å². The van der Waals surface area contributed by atoms with E-state index in [2.05, 4.69) is 30.7 Å². The molecule has 0 N–H and O–H groups in total. The van der Waals surface area contributed by atoms with Crippen LogP contribution in [0.4, 0.5) is 0 Å². The molecule has 1 fully saturated rings. The molecule has 0 aliphatic carbocycles. The number of aromatic nitrogens is 2. The highest BCUT2D eigenvalue weighted by atomic mass is 35.5. The number of benzene rings is 1. The predicted octanol–water partition coefficient (Wildman–Crippen LogP) is 3.98. The Hall–Kier alpha value is -1.64. The Kier molecular flexibility index (Phi) is 6.79. The van der Waals surface area contributed by atoms with Crippen LogP contribution in [-0.2, 0) is 21.8 Å². The van der Waals surface area contributed by atoms with Crippen molar-refractivity contribution in [3.8, 4) is 0 Å². The average Bonchev–Trinajstić information content (AvgIpc) is 3.05. The Morgan fingerprint density at radius 1 is 1.27 bits per heavy atom. The summed E-state index contributed by atoms with van der Waals surface area (Å²) in [6.07, 6.45) is 3.64. The number of carbonyl (C=O) groups is 1. The predicted molar refractivity (Wildman–Crippen MR) is 121 cm³/mol. The lowest BCUT2D eigenvalue weighted by molar-refractivity contribution is 0.0674. The number of hydrogen-bond donors (Lipinski definition) is 0. The van der Waals surface area contributed by atoms with Crippen molar-refractivity contribution in [2.75, 3.05) is 17.8 Å². The highest BCUT2D eigenvalue weighted by Crippen LogP contribution is 2.27. The molecule has 1 amide bonds. The molecule has 0 radical (unpaired) electrons. The number of halogens is 1. The molecular weight excluding hydrogens is 442 g/mol. The van der Waals surface area contributed by atoms with Gasteiger partial charge in [0.15, 0.2) is 20.7 Å². The molecule has 0 bridgehead atoms. The number of rotatable bonds is 5. The topological polar surface area (TPSA) is 80.2 Å². The fourth-order valence-corrected chi connectivity index (χ4v) is 5.67. The molecule has 2 heterocycles. The lowest BCUT2D eigenvalue weighted by Gasteiger charge is -2.29. The van der Waals surface area contributed by atoms with Crippen molar-refractivity contribution >= 4 is 39.1 Å². The van der Waals surface area contributed by atoms with Gasteiger partial charge in [0.2, 0.25) is 0 Å². The summed E-state index contributed by atoms with van der Waals surface area (Å²) in [5, 5.41) is 0.600. The van der Waals surface area contributed by atoms with E-state index >= 15 is 0 Å². The second-order valence-electron chi connectivity index (χ2n) is 8.49. The fraction of sp³-hybridized carbons (Fsp3) is 0.476. The molecule has 162 valence electrons. The maximum Gasteiger partial charge on any atom is 0.274 e. The van der Waals surface area contributed by atoms with Crippen LogP contribution in [0, 0.1) is 0 Å². The minimum Gasteiger partial charge on any atom is -0.329 e. The Morgan fingerprint density at radius 3 is 2.47 bits per heavy atom. The molecule has 0 saturated carbocycles. The first-order chi connectivity index (χ1) is 14.0. The molecule has 9 heteroatoms. The summed E-state index contributed by atoms with van der Waals surface area (Å²) in [5.74, 6) is -0.339. The van der Waals surface area contributed by atoms with Crippen molar-refractivity contribution in [3.63, 3.8) is 0 Å². The quantitative estimate of drug-likeness (QED) is 0.488. The normalized spacial score (nSPS) is 18.4. The smallest absolute Gasteiger partial charge is 0.274 e. The Bertz CT molecular complexity index is 1030. The first-order valence-electron chi connectivity index (χ1n) is 9.67. The molecule has 1 saturated heterocycles. The van der Waals surface area contributed by atoms with Gasteiger partial charge in [-0.15, -0.1) is 0 Å². The van der Waals surface area contributed by atoms with E-state index in [1.54, 1.807) is 4.90 Å². The van der Waals surface area contributed by atoms with Crippen LogP contribution in [-0.4, -0.2) is 53.0 Å². The van der Waals surface area contributed by atoms with Gasteiger partial charge in [0.05, 0.1) is 22.7 Å². The minimum absolute atomic E-state index is 0.0241. The van der Waals surface area contributed by atoms with Crippen LogP contribution >= 0.6 is 23.4 Å². The largest absolute Gasteiger partial charge is 0.329 e. The van der Waals surface area contributed by atoms with Crippen molar-refractivity contribution in [2.24, 2.45) is 0 Å². The number of thioether (sulfide) groups is 1. The summed E-state index contributed by atoms with van der Waals surface area (Å²) in [6, 6.07) is 7.66. The van der Waals surface area contributed by atoms with E-state index < -0.39 is 15.9 Å². The Labute approximate surface area is 187 Å². The third-order valence-corrected chi connectivity index (χ3v) is 7.78. The van der Waals surface area contributed by atoms with Crippen molar-refractivity contribution in [2.45, 2.75) is 50.4 Å². The molecule has 1 aliphatic heterocycles. The molecule has 0 spiro atoms. The van der Waals surface area contributed by atoms with Gasteiger partial charge in [-0.3, -0.25) is 4.79 Å². The van der Waals surface area contributed by atoms with Gasteiger partial charge >= 0.3 is 0 Å². The van der Waals surface area contributed by atoms with Gasteiger partial charge in [0.1, 0.15) is 0 Å². The third-order valence-electron chi connectivity index (χ3n) is 5.19. The monoisotopic (exact) mass is 467 g/mol. The van der Waals surface area contributed by atoms with Crippen LogP contribution in [0.1, 0.15) is 48.8 Å². The molecule has 1 aromatic carbocycles. The third kappa shape index (κ3) is 5.34. The van der Waals surface area contributed by atoms with E-state index in [1.807, 2.05) is 30.5 Å². The van der Waals surface area contributed by atoms with Crippen LogP contribution in [0.15, 0.2) is 35.6 Å². The standard InChI is InChI=1S/C21H26ClN3O3S2/c1-21(2,3)15-7-5-14(6-8-15)12-25(16-9-10-30(27,28)13-16)19(26)18-17(22)11-23-20(24-18)29-4/h5-8,11,16H,9-10,12-13H2,1-4H3/t16-/m0/s1. The number of hydrogen-bond acceptors (Lipinski definition) is 6. The van der Waals surface area contributed by atoms with E-state index in [9.17, 15) is 13.2 Å². The van der Waals surface area contributed by atoms with Crippen LogP contribution < -0.4 is 0 Å². The van der Waals surface area contributed by atoms with Crippen molar-refractivity contribution in [3.05, 3.63) is 52.3 Å². The lowest BCUT2D eigenvalue weighted by atomic mass is 9.86. The summed E-state index contributed by atoms with van der Waals surface area (Å²) in [4.78, 5) is 23.4. The molecule has 1 atom stereocenters. The second kappa shape index (κ2) is 8.85. The summed E-state index contributed by atoms with van der Waals surface area (Å²) in [6.45, 7) is 6.71. The molecule has 6 nitrogen and oxygen atoms in total. The summed E-state index contributed by atoms with van der Waals surface area (Å²) in [7, 11) is -3.16. The van der Waals surface area contributed by atoms with Gasteiger partial charge in [0, 0.05) is 12.6 Å². The molecule has 3 rings (SSSR count). The molecular formula is C21H26ClN3O3S2. The SMILES string of the molecule is CSc1ncc(Cl)c(C(=O)N(Cc2ccc(C(C)(C)C)cc2)[C@H]2CCS(=O)(=O)C2)n1. The summed E-state index contributed by atoms with van der Waals surface area (Å²) < 4.78 is 24.2. The zero-order chi connectivity index (χ0) is 22.1. The second-order valence-corrected chi connectivity index (χ2v) is 11.9. The van der Waals surface area contributed by atoms with E-state index in [1.165, 1.54) is 23.5 Å². The van der Waals surface area contributed by atoms with Gasteiger partial charge in [-0.1, -0.05) is 68.4 Å². The van der Waals surface area contributed by atoms with Gasteiger partial charge in [-0.05, 0) is 29.2 Å². The van der Waals surface area contributed by atoms with Gasteiger partial charge < -0.3 is 4.90 Å². The van der Waals surface area contributed by atoms with Crippen molar-refractivity contribution < 1.29 is 13.2 Å². The molecule has 0 unspecified atom stereocenters. The maximum atomic E-state index is 13.4. The van der Waals surface area contributed by atoms with Crippen LogP contribution in [0.5, 0.6) is 0 Å². The van der Waals surface area contributed by atoms with Gasteiger partial charge in [0.25, 0.3) is 5.91 Å². The number of amides is 1. The lowest BCUT2D eigenvalue weighted by Crippen LogP contribution is -2.41. The van der Waals surface area contributed by atoms with Crippen LogP contribution in [0.25, 0.3) is 0 Å². The highest BCUT2D eigenvalue weighted by molar-refractivity contribution is 7.98. The van der Waals surface area contributed by atoms with E-state index in [4.69, 9.17) is 11.6 Å². The summed E-state index contributed by atoms with van der Waals surface area (Å²) >= 11 is 7.54. The number of sulfone groups is 1. The highest BCUT2D eigenvalue weighted by Gasteiger charge is 2.36. The molecule has 30 heavy (non-hydrogen) atoms. The van der Waals surface area contributed by atoms with Gasteiger partial charge in [-0.25, -0.2) is 18.4 Å².